The van der Waals surface area contributed by atoms with E-state index in [1.807, 2.05) is 36.4 Å². The number of benzene rings is 2. The summed E-state index contributed by atoms with van der Waals surface area (Å²) in [4.78, 5) is 22.8. The minimum atomic E-state index is -1.54. The lowest BCUT2D eigenvalue weighted by atomic mass is 10.0. The maximum absolute atomic E-state index is 11.7. The average molecular weight is 338 g/mol. The molecule has 3 rings (SSSR count). The summed E-state index contributed by atoms with van der Waals surface area (Å²) in [5.74, 6) is -2.28. The molecule has 2 aromatic carbocycles. The average Bonchev–Trinajstić information content (AvgIpc) is 2.63. The van der Waals surface area contributed by atoms with E-state index in [0.29, 0.717) is 11.3 Å². The molecule has 25 heavy (non-hydrogen) atoms. The molecule has 0 amide bonds. The zero-order valence-electron chi connectivity index (χ0n) is 13.0. The van der Waals surface area contributed by atoms with Crippen LogP contribution in [0.5, 0.6) is 5.75 Å². The first-order valence-electron chi connectivity index (χ1n) is 7.37. The number of carboxylic acids is 1. The molecule has 0 spiro atoms. The Morgan fingerprint density at radius 1 is 1.08 bits per heavy atom. The van der Waals surface area contributed by atoms with Crippen molar-refractivity contribution in [2.75, 3.05) is 0 Å². The lowest BCUT2D eigenvalue weighted by molar-refractivity contribution is 0.0686. The Bertz CT molecular complexity index is 996. The molecule has 0 saturated heterocycles. The molecule has 7 heteroatoms. The van der Waals surface area contributed by atoms with Gasteiger partial charge in [0.05, 0.1) is 18.5 Å². The van der Waals surface area contributed by atoms with Crippen molar-refractivity contribution in [2.45, 2.75) is 6.61 Å². The molecule has 1 heterocycles. The quantitative estimate of drug-likeness (QED) is 0.668. The van der Waals surface area contributed by atoms with Crippen LogP contribution in [-0.2, 0) is 6.61 Å². The van der Waals surface area contributed by atoms with Gasteiger partial charge in [-0.3, -0.25) is 4.79 Å². The van der Waals surface area contributed by atoms with Crippen LogP contribution in [0.2, 0.25) is 0 Å². The van der Waals surface area contributed by atoms with Crippen molar-refractivity contribution in [3.63, 3.8) is 0 Å². The van der Waals surface area contributed by atoms with Gasteiger partial charge in [-0.1, -0.05) is 42.5 Å². The molecule has 0 radical (unpaired) electrons. The molecule has 0 bridgehead atoms. The zero-order chi connectivity index (χ0) is 18.0. The number of carbonyl (C=O) groups is 1. The number of aliphatic hydroxyl groups excluding tert-OH is 1. The van der Waals surface area contributed by atoms with Crippen LogP contribution in [0.4, 0.5) is 0 Å². The lowest BCUT2D eigenvalue weighted by Crippen LogP contribution is -2.21. The van der Waals surface area contributed by atoms with Gasteiger partial charge in [-0.05, 0) is 17.2 Å². The SMILES string of the molecule is O=C(O)c1nn(-c2cc(-c3ccccc3)ccc2CO)cc(O)c1=O. The van der Waals surface area contributed by atoms with E-state index in [0.717, 1.165) is 22.0 Å². The number of hydrogen-bond donors (Lipinski definition) is 3. The van der Waals surface area contributed by atoms with Crippen molar-refractivity contribution < 1.29 is 20.1 Å². The Morgan fingerprint density at radius 3 is 2.44 bits per heavy atom. The first-order chi connectivity index (χ1) is 12.0. The predicted molar refractivity (Wildman–Crippen MR) is 89.8 cm³/mol. The second kappa shape index (κ2) is 6.58. The molecule has 0 atom stereocenters. The summed E-state index contributed by atoms with van der Waals surface area (Å²) in [7, 11) is 0. The number of nitrogens with zero attached hydrogens (tertiary/aromatic N) is 2. The number of aliphatic hydroxyl groups is 1. The fourth-order valence-electron chi connectivity index (χ4n) is 2.46. The largest absolute Gasteiger partial charge is 0.503 e. The van der Waals surface area contributed by atoms with Gasteiger partial charge in [0.2, 0.25) is 5.69 Å². The number of carboxylic acid groups (broad SMARTS) is 1. The van der Waals surface area contributed by atoms with Crippen LogP contribution in [0.3, 0.4) is 0 Å². The van der Waals surface area contributed by atoms with Gasteiger partial charge in [0.25, 0.3) is 5.43 Å². The first-order valence-corrected chi connectivity index (χ1v) is 7.37. The van der Waals surface area contributed by atoms with Crippen molar-refractivity contribution in [3.05, 3.63) is 76.2 Å². The smallest absolute Gasteiger partial charge is 0.360 e. The van der Waals surface area contributed by atoms with E-state index >= 15 is 0 Å². The van der Waals surface area contributed by atoms with Crippen LogP contribution < -0.4 is 5.43 Å². The third-order valence-electron chi connectivity index (χ3n) is 3.71. The third kappa shape index (κ3) is 3.13. The number of aromatic nitrogens is 2. The Balaban J connectivity index is 2.23. The maximum Gasteiger partial charge on any atom is 0.360 e. The monoisotopic (exact) mass is 338 g/mol. The molecule has 7 nitrogen and oxygen atoms in total. The number of rotatable bonds is 4. The van der Waals surface area contributed by atoms with Gasteiger partial charge in [0, 0.05) is 5.56 Å². The van der Waals surface area contributed by atoms with Crippen molar-refractivity contribution in [2.24, 2.45) is 0 Å². The molecule has 3 N–H and O–H groups in total. The maximum atomic E-state index is 11.7. The summed E-state index contributed by atoms with van der Waals surface area (Å²) < 4.78 is 1.08. The van der Waals surface area contributed by atoms with E-state index in [-0.39, 0.29) is 6.61 Å². The van der Waals surface area contributed by atoms with Crippen LogP contribution in [0.1, 0.15) is 16.1 Å². The highest BCUT2D eigenvalue weighted by atomic mass is 16.4. The summed E-state index contributed by atoms with van der Waals surface area (Å²) in [6, 6.07) is 14.6. The zero-order valence-corrected chi connectivity index (χ0v) is 13.0. The van der Waals surface area contributed by atoms with E-state index in [1.165, 1.54) is 0 Å². The fourth-order valence-corrected chi connectivity index (χ4v) is 2.46. The summed E-state index contributed by atoms with van der Waals surface area (Å²) in [6.45, 7) is -0.318. The molecule has 0 aliphatic carbocycles. The Hall–Kier alpha value is -3.45. The van der Waals surface area contributed by atoms with Crippen LogP contribution >= 0.6 is 0 Å². The molecular formula is C18H14N2O5. The number of aromatic hydroxyl groups is 1. The Labute approximate surface area is 142 Å². The van der Waals surface area contributed by atoms with Crippen molar-refractivity contribution in [3.8, 4) is 22.6 Å². The van der Waals surface area contributed by atoms with Crippen LogP contribution in [0.15, 0.2) is 59.5 Å². The van der Waals surface area contributed by atoms with Gasteiger partial charge < -0.3 is 15.3 Å². The van der Waals surface area contributed by atoms with Gasteiger partial charge >= 0.3 is 5.97 Å². The van der Waals surface area contributed by atoms with Gasteiger partial charge in [-0.2, -0.15) is 5.10 Å². The molecule has 0 unspecified atom stereocenters. The lowest BCUT2D eigenvalue weighted by Gasteiger charge is -2.13. The van der Waals surface area contributed by atoms with E-state index in [1.54, 1.807) is 12.1 Å². The van der Waals surface area contributed by atoms with E-state index in [2.05, 4.69) is 5.10 Å². The van der Waals surface area contributed by atoms with Gasteiger partial charge in [0.15, 0.2) is 5.75 Å². The van der Waals surface area contributed by atoms with Crippen molar-refractivity contribution in [1.29, 1.82) is 0 Å². The highest BCUT2D eigenvalue weighted by molar-refractivity contribution is 5.85. The molecule has 0 fully saturated rings. The summed E-state index contributed by atoms with van der Waals surface area (Å²) >= 11 is 0. The van der Waals surface area contributed by atoms with Crippen LogP contribution in [-0.4, -0.2) is 31.1 Å². The highest BCUT2D eigenvalue weighted by Gasteiger charge is 2.17. The summed E-state index contributed by atoms with van der Waals surface area (Å²) in [5.41, 5.74) is 0.692. The standard InChI is InChI=1S/C18H14N2O5/c21-10-13-7-6-12(11-4-2-1-3-5-11)8-14(13)20-9-15(22)17(23)16(19-20)18(24)25/h1-9,21-22H,10H2,(H,24,25). The molecule has 1 aromatic heterocycles. The summed E-state index contributed by atoms with van der Waals surface area (Å²) in [5, 5.41) is 32.2. The molecule has 126 valence electrons. The third-order valence-corrected chi connectivity index (χ3v) is 3.71. The molecule has 0 aliphatic heterocycles. The van der Waals surface area contributed by atoms with Gasteiger partial charge in [-0.25, -0.2) is 9.48 Å². The minimum absolute atomic E-state index is 0.318. The van der Waals surface area contributed by atoms with Crippen molar-refractivity contribution in [1.82, 2.24) is 9.78 Å². The van der Waals surface area contributed by atoms with Crippen LogP contribution in [0.25, 0.3) is 16.8 Å². The normalized spacial score (nSPS) is 10.6. The fraction of sp³-hybridized carbons (Fsp3) is 0.0556. The molecule has 0 aliphatic rings. The molecule has 3 aromatic rings. The van der Waals surface area contributed by atoms with Gasteiger partial charge in [-0.15, -0.1) is 0 Å². The number of hydrogen-bond acceptors (Lipinski definition) is 5. The predicted octanol–water partition coefficient (Wildman–Crippen LogP) is 1.80. The minimum Gasteiger partial charge on any atom is -0.503 e. The van der Waals surface area contributed by atoms with E-state index in [9.17, 15) is 19.8 Å². The van der Waals surface area contributed by atoms with Crippen LogP contribution in [0, 0.1) is 0 Å². The second-order valence-corrected chi connectivity index (χ2v) is 5.31. The van der Waals surface area contributed by atoms with Crippen molar-refractivity contribution >= 4 is 5.97 Å². The topological polar surface area (TPSA) is 113 Å². The second-order valence-electron chi connectivity index (χ2n) is 5.31. The first kappa shape index (κ1) is 16.4. The summed E-state index contributed by atoms with van der Waals surface area (Å²) in [6.07, 6.45) is 1.03. The Kier molecular flexibility index (Phi) is 4.32. The molecule has 0 saturated carbocycles. The number of aromatic carboxylic acids is 1. The van der Waals surface area contributed by atoms with E-state index in [4.69, 9.17) is 5.11 Å². The highest BCUT2D eigenvalue weighted by Crippen LogP contribution is 2.25. The molecular weight excluding hydrogens is 324 g/mol. The van der Waals surface area contributed by atoms with Gasteiger partial charge in [0.1, 0.15) is 0 Å². The Morgan fingerprint density at radius 2 is 1.80 bits per heavy atom. The van der Waals surface area contributed by atoms with E-state index < -0.39 is 22.8 Å².